The van der Waals surface area contributed by atoms with Crippen LogP contribution in [-0.2, 0) is 18.4 Å². The van der Waals surface area contributed by atoms with Gasteiger partial charge in [0.15, 0.2) is 11.6 Å². The molecule has 1 atom stereocenters. The molecule has 0 amide bonds. The number of methoxy groups -OCH3 is 1. The van der Waals surface area contributed by atoms with Gasteiger partial charge in [0.05, 0.1) is 12.7 Å². The predicted octanol–water partition coefficient (Wildman–Crippen LogP) is 3.85. The maximum Gasteiger partial charge on any atom is 0.165 e. The largest absolute Gasteiger partial charge is 0.494 e. The number of aryl methyl sites for hydroxylation is 1. The highest BCUT2D eigenvalue weighted by molar-refractivity contribution is 5.33. The predicted molar refractivity (Wildman–Crippen MR) is 82.0 cm³/mol. The highest BCUT2D eigenvalue weighted by Gasteiger charge is 2.24. The van der Waals surface area contributed by atoms with Crippen LogP contribution >= 0.6 is 0 Å². The SMILES string of the molecule is CCc1ccc(C(C)(O)Cc2ccc(OC)c(F)c2)cc1. The van der Waals surface area contributed by atoms with E-state index in [0.29, 0.717) is 6.42 Å². The fourth-order valence-electron chi connectivity index (χ4n) is 2.42. The second kappa shape index (κ2) is 6.27. The number of benzene rings is 2. The highest BCUT2D eigenvalue weighted by Crippen LogP contribution is 2.27. The van der Waals surface area contributed by atoms with Gasteiger partial charge in [0, 0.05) is 6.42 Å². The van der Waals surface area contributed by atoms with Crippen LogP contribution in [0.25, 0.3) is 0 Å². The Kier molecular flexibility index (Phi) is 4.63. The molecule has 0 aromatic heterocycles. The van der Waals surface area contributed by atoms with Gasteiger partial charge in [-0.25, -0.2) is 4.39 Å². The molecule has 2 rings (SSSR count). The molecule has 112 valence electrons. The average molecular weight is 288 g/mol. The Morgan fingerprint density at radius 1 is 1.10 bits per heavy atom. The maximum absolute atomic E-state index is 13.7. The fraction of sp³-hybridized carbons (Fsp3) is 0.333. The Hall–Kier alpha value is -1.87. The Morgan fingerprint density at radius 3 is 2.24 bits per heavy atom. The molecule has 2 aromatic rings. The van der Waals surface area contributed by atoms with Crippen molar-refractivity contribution >= 4 is 0 Å². The molecule has 0 spiro atoms. The molecule has 0 saturated carbocycles. The molecule has 0 bridgehead atoms. The van der Waals surface area contributed by atoms with Crippen LogP contribution in [0.3, 0.4) is 0 Å². The second-order valence-electron chi connectivity index (χ2n) is 5.47. The summed E-state index contributed by atoms with van der Waals surface area (Å²) in [5, 5.41) is 10.7. The molecule has 0 fully saturated rings. The Labute approximate surface area is 125 Å². The molecule has 2 nitrogen and oxygen atoms in total. The number of ether oxygens (including phenoxy) is 1. The van der Waals surface area contributed by atoms with E-state index in [1.807, 2.05) is 24.3 Å². The van der Waals surface area contributed by atoms with Crippen molar-refractivity contribution in [1.82, 2.24) is 0 Å². The lowest BCUT2D eigenvalue weighted by molar-refractivity contribution is 0.0575. The lowest BCUT2D eigenvalue weighted by Crippen LogP contribution is -2.24. The molecular formula is C18H21FO2. The van der Waals surface area contributed by atoms with Crippen molar-refractivity contribution in [2.75, 3.05) is 7.11 Å². The van der Waals surface area contributed by atoms with E-state index in [9.17, 15) is 9.50 Å². The fourth-order valence-corrected chi connectivity index (χ4v) is 2.42. The molecule has 2 aromatic carbocycles. The minimum Gasteiger partial charge on any atom is -0.494 e. The van der Waals surface area contributed by atoms with E-state index in [0.717, 1.165) is 17.5 Å². The van der Waals surface area contributed by atoms with Gasteiger partial charge < -0.3 is 9.84 Å². The molecule has 1 unspecified atom stereocenters. The van der Waals surface area contributed by atoms with Gasteiger partial charge in [0.25, 0.3) is 0 Å². The smallest absolute Gasteiger partial charge is 0.165 e. The van der Waals surface area contributed by atoms with Crippen LogP contribution in [0.1, 0.15) is 30.5 Å². The topological polar surface area (TPSA) is 29.5 Å². The first-order valence-electron chi connectivity index (χ1n) is 7.10. The third-order valence-electron chi connectivity index (χ3n) is 3.75. The van der Waals surface area contributed by atoms with Crippen LogP contribution in [0.15, 0.2) is 42.5 Å². The van der Waals surface area contributed by atoms with Crippen molar-refractivity contribution < 1.29 is 14.2 Å². The molecule has 21 heavy (non-hydrogen) atoms. The van der Waals surface area contributed by atoms with E-state index in [-0.39, 0.29) is 5.75 Å². The first kappa shape index (κ1) is 15.5. The van der Waals surface area contributed by atoms with Gasteiger partial charge in [-0.3, -0.25) is 0 Å². The van der Waals surface area contributed by atoms with Crippen molar-refractivity contribution in [3.8, 4) is 5.75 Å². The van der Waals surface area contributed by atoms with Crippen LogP contribution in [-0.4, -0.2) is 12.2 Å². The van der Waals surface area contributed by atoms with Crippen molar-refractivity contribution in [3.05, 3.63) is 65.0 Å². The number of hydrogen-bond donors (Lipinski definition) is 1. The van der Waals surface area contributed by atoms with Gasteiger partial charge in [-0.15, -0.1) is 0 Å². The van der Waals surface area contributed by atoms with Crippen molar-refractivity contribution in [2.45, 2.75) is 32.3 Å². The maximum atomic E-state index is 13.7. The summed E-state index contributed by atoms with van der Waals surface area (Å²) in [4.78, 5) is 0. The molecule has 0 radical (unpaired) electrons. The van der Waals surface area contributed by atoms with Gasteiger partial charge in [-0.2, -0.15) is 0 Å². The quantitative estimate of drug-likeness (QED) is 0.905. The molecular weight excluding hydrogens is 267 g/mol. The van der Waals surface area contributed by atoms with Crippen molar-refractivity contribution in [3.63, 3.8) is 0 Å². The second-order valence-corrected chi connectivity index (χ2v) is 5.47. The lowest BCUT2D eigenvalue weighted by atomic mass is 9.88. The van der Waals surface area contributed by atoms with Crippen molar-refractivity contribution in [1.29, 1.82) is 0 Å². The third-order valence-corrected chi connectivity index (χ3v) is 3.75. The van der Waals surface area contributed by atoms with Crippen LogP contribution in [0.5, 0.6) is 5.75 Å². The van der Waals surface area contributed by atoms with E-state index >= 15 is 0 Å². The van der Waals surface area contributed by atoms with Crippen LogP contribution in [0.2, 0.25) is 0 Å². The minimum absolute atomic E-state index is 0.214. The first-order valence-corrected chi connectivity index (χ1v) is 7.10. The number of aliphatic hydroxyl groups is 1. The molecule has 0 aliphatic rings. The molecule has 3 heteroatoms. The van der Waals surface area contributed by atoms with E-state index in [1.165, 1.54) is 18.7 Å². The normalized spacial score (nSPS) is 13.8. The summed E-state index contributed by atoms with van der Waals surface area (Å²) in [7, 11) is 1.43. The van der Waals surface area contributed by atoms with E-state index < -0.39 is 11.4 Å². The Morgan fingerprint density at radius 2 is 1.71 bits per heavy atom. The summed E-state index contributed by atoms with van der Waals surface area (Å²) >= 11 is 0. The van der Waals surface area contributed by atoms with Crippen molar-refractivity contribution in [2.24, 2.45) is 0 Å². The number of halogens is 1. The number of rotatable bonds is 5. The van der Waals surface area contributed by atoms with Crippen LogP contribution < -0.4 is 4.74 Å². The first-order chi connectivity index (χ1) is 9.96. The minimum atomic E-state index is -1.03. The highest BCUT2D eigenvalue weighted by atomic mass is 19.1. The molecule has 0 saturated heterocycles. The van der Waals surface area contributed by atoms with Crippen LogP contribution in [0.4, 0.5) is 4.39 Å². The van der Waals surface area contributed by atoms with Gasteiger partial charge in [0.1, 0.15) is 0 Å². The zero-order chi connectivity index (χ0) is 15.5. The monoisotopic (exact) mass is 288 g/mol. The van der Waals surface area contributed by atoms with E-state index in [4.69, 9.17) is 4.74 Å². The summed E-state index contributed by atoms with van der Waals surface area (Å²) in [5.41, 5.74) is 1.76. The van der Waals surface area contributed by atoms with Gasteiger partial charge in [-0.05, 0) is 42.2 Å². The van der Waals surface area contributed by atoms with Gasteiger partial charge in [0.2, 0.25) is 0 Å². The summed E-state index contributed by atoms with van der Waals surface area (Å²) < 4.78 is 18.6. The van der Waals surface area contributed by atoms with Gasteiger partial charge in [-0.1, -0.05) is 37.3 Å². The zero-order valence-corrected chi connectivity index (χ0v) is 12.7. The van der Waals surface area contributed by atoms with Crippen LogP contribution in [0, 0.1) is 5.82 Å². The molecule has 0 aliphatic heterocycles. The average Bonchev–Trinajstić information content (AvgIpc) is 2.47. The molecule has 0 aliphatic carbocycles. The summed E-state index contributed by atoms with van der Waals surface area (Å²) in [6.45, 7) is 3.84. The Balaban J connectivity index is 2.21. The van der Waals surface area contributed by atoms with Gasteiger partial charge >= 0.3 is 0 Å². The van der Waals surface area contributed by atoms with E-state index in [2.05, 4.69) is 6.92 Å². The third kappa shape index (κ3) is 3.61. The van der Waals surface area contributed by atoms with E-state index in [1.54, 1.807) is 19.1 Å². The number of hydrogen-bond acceptors (Lipinski definition) is 2. The Bertz CT molecular complexity index is 603. The summed E-state index contributed by atoms with van der Waals surface area (Å²) in [5.74, 6) is -0.196. The lowest BCUT2D eigenvalue weighted by Gasteiger charge is -2.24. The molecule has 1 N–H and O–H groups in total. The summed E-state index contributed by atoms with van der Waals surface area (Å²) in [6, 6.07) is 12.7. The zero-order valence-electron chi connectivity index (χ0n) is 12.7. The summed E-state index contributed by atoms with van der Waals surface area (Å²) in [6.07, 6.45) is 1.31. The molecule has 0 heterocycles. The standard InChI is InChI=1S/C18H21FO2/c1-4-13-5-8-15(9-6-13)18(2,20)12-14-7-10-17(21-3)16(19)11-14/h5-11,20H,4,12H2,1-3H3.